The fourth-order valence-electron chi connectivity index (χ4n) is 6.06. The van der Waals surface area contributed by atoms with Gasteiger partial charge in [-0.2, -0.15) is 0 Å². The Labute approximate surface area is 235 Å². The van der Waals surface area contributed by atoms with Crippen molar-refractivity contribution in [1.82, 2.24) is 19.4 Å². The van der Waals surface area contributed by atoms with E-state index < -0.39 is 0 Å². The molecule has 8 heteroatoms. The van der Waals surface area contributed by atoms with Gasteiger partial charge in [-0.25, -0.2) is 14.4 Å². The quantitative estimate of drug-likeness (QED) is 0.252. The van der Waals surface area contributed by atoms with Crippen LogP contribution in [0, 0.1) is 12.7 Å². The minimum Gasteiger partial charge on any atom is -0.385 e. The molecule has 3 heterocycles. The highest BCUT2D eigenvalue weighted by Crippen LogP contribution is 2.37. The first-order valence-electron chi connectivity index (χ1n) is 14.2. The van der Waals surface area contributed by atoms with Gasteiger partial charge in [0.1, 0.15) is 5.82 Å². The van der Waals surface area contributed by atoms with Crippen LogP contribution >= 0.6 is 0 Å². The number of hydrogen-bond acceptors (Lipinski definition) is 5. The summed E-state index contributed by atoms with van der Waals surface area (Å²) in [4.78, 5) is 23.4. The number of para-hydroxylation sites is 1. The van der Waals surface area contributed by atoms with E-state index >= 15 is 0 Å². The summed E-state index contributed by atoms with van der Waals surface area (Å²) in [5.41, 5.74) is 11.7. The van der Waals surface area contributed by atoms with E-state index in [9.17, 15) is 9.18 Å². The average molecular weight is 544 g/mol. The lowest BCUT2D eigenvalue weighted by molar-refractivity contribution is -0.132. The molecule has 1 atom stereocenters. The standard InChI is InChI=1S/C32H38FN5O2/c1-22-27-9-4-10-28(33)31(27)38(17-6-18-40-2)30(22)25-8-5-16-37(21-25)29(39)11-3-7-23-12-14-24(15-13-23)26-19-35-32(34)36-20-26/h4,9-10,12-15,19-20,25H,3,5-8,11,16-18,21H2,1-2H3,(H2,34,35,36). The Hall–Kier alpha value is -3.78. The van der Waals surface area contributed by atoms with Gasteiger partial charge in [-0.3, -0.25) is 4.79 Å². The molecule has 1 fully saturated rings. The number of ether oxygens (including phenoxy) is 1. The van der Waals surface area contributed by atoms with Crippen molar-refractivity contribution < 1.29 is 13.9 Å². The van der Waals surface area contributed by atoms with Gasteiger partial charge in [-0.15, -0.1) is 0 Å². The average Bonchev–Trinajstić information content (AvgIpc) is 3.26. The summed E-state index contributed by atoms with van der Waals surface area (Å²) in [6.45, 7) is 4.88. The van der Waals surface area contributed by atoms with Crippen molar-refractivity contribution in [3.63, 3.8) is 0 Å². The summed E-state index contributed by atoms with van der Waals surface area (Å²) >= 11 is 0. The monoisotopic (exact) mass is 543 g/mol. The summed E-state index contributed by atoms with van der Waals surface area (Å²) < 4.78 is 22.4. The molecule has 0 radical (unpaired) electrons. The molecule has 0 saturated carbocycles. The van der Waals surface area contributed by atoms with Crippen LogP contribution < -0.4 is 5.73 Å². The fourth-order valence-corrected chi connectivity index (χ4v) is 6.06. The molecule has 1 aliphatic heterocycles. The van der Waals surface area contributed by atoms with E-state index in [-0.39, 0.29) is 23.6 Å². The van der Waals surface area contributed by atoms with Crippen LogP contribution in [0.15, 0.2) is 54.9 Å². The van der Waals surface area contributed by atoms with Crippen LogP contribution in [-0.4, -0.2) is 52.1 Å². The summed E-state index contributed by atoms with van der Waals surface area (Å²) in [7, 11) is 1.69. The molecular formula is C32H38FN5O2. The number of fused-ring (bicyclic) bond motifs is 1. The minimum atomic E-state index is -0.192. The number of nitrogens with two attached hydrogens (primary N) is 1. The Morgan fingerprint density at radius 1 is 1.10 bits per heavy atom. The van der Waals surface area contributed by atoms with Gasteiger partial charge in [-0.05, 0) is 61.8 Å². The van der Waals surface area contributed by atoms with Crippen molar-refractivity contribution in [2.24, 2.45) is 0 Å². The number of carbonyl (C=O) groups is 1. The smallest absolute Gasteiger partial charge is 0.222 e. The van der Waals surface area contributed by atoms with E-state index in [1.165, 1.54) is 17.3 Å². The van der Waals surface area contributed by atoms with E-state index in [2.05, 4.69) is 45.7 Å². The molecule has 2 aromatic heterocycles. The lowest BCUT2D eigenvalue weighted by Crippen LogP contribution is -2.39. The molecule has 5 rings (SSSR count). The topological polar surface area (TPSA) is 86.3 Å². The molecular weight excluding hydrogens is 505 g/mol. The predicted molar refractivity (Wildman–Crippen MR) is 156 cm³/mol. The van der Waals surface area contributed by atoms with Gasteiger partial charge in [0.2, 0.25) is 11.9 Å². The number of rotatable bonds is 10. The van der Waals surface area contributed by atoms with Crippen molar-refractivity contribution in [2.45, 2.75) is 57.9 Å². The molecule has 210 valence electrons. The summed E-state index contributed by atoms with van der Waals surface area (Å²) in [6, 6.07) is 13.6. The van der Waals surface area contributed by atoms with Crippen LogP contribution in [0.3, 0.4) is 0 Å². The molecule has 1 aliphatic rings. The van der Waals surface area contributed by atoms with Crippen molar-refractivity contribution in [3.05, 3.63) is 77.5 Å². The maximum atomic E-state index is 15.0. The Morgan fingerprint density at radius 2 is 1.88 bits per heavy atom. The second-order valence-corrected chi connectivity index (χ2v) is 10.7. The molecule has 7 nitrogen and oxygen atoms in total. The van der Waals surface area contributed by atoms with Gasteiger partial charge in [0, 0.05) is 74.7 Å². The third kappa shape index (κ3) is 6.02. The van der Waals surface area contributed by atoms with Gasteiger partial charge in [0.05, 0.1) is 5.52 Å². The first kappa shape index (κ1) is 27.8. The zero-order valence-corrected chi connectivity index (χ0v) is 23.4. The van der Waals surface area contributed by atoms with E-state index in [0.717, 1.165) is 60.7 Å². The fraction of sp³-hybridized carbons (Fsp3) is 0.406. The summed E-state index contributed by atoms with van der Waals surface area (Å²) in [6.07, 6.45) is 8.36. The second kappa shape index (κ2) is 12.6. The second-order valence-electron chi connectivity index (χ2n) is 10.7. The largest absolute Gasteiger partial charge is 0.385 e. The molecule has 1 amide bonds. The highest BCUT2D eigenvalue weighted by atomic mass is 19.1. The summed E-state index contributed by atoms with van der Waals surface area (Å²) in [5.74, 6) is 0.463. The predicted octanol–water partition coefficient (Wildman–Crippen LogP) is 5.89. The number of halogens is 1. The number of hydrogen-bond donors (Lipinski definition) is 1. The number of carbonyl (C=O) groups excluding carboxylic acids is 1. The normalized spacial score (nSPS) is 15.6. The first-order chi connectivity index (χ1) is 19.5. The Balaban J connectivity index is 1.22. The molecule has 0 spiro atoms. The minimum absolute atomic E-state index is 0.192. The Morgan fingerprint density at radius 3 is 2.62 bits per heavy atom. The van der Waals surface area contributed by atoms with Crippen molar-refractivity contribution >= 4 is 22.8 Å². The molecule has 2 aromatic carbocycles. The van der Waals surface area contributed by atoms with Gasteiger partial charge in [0.15, 0.2) is 0 Å². The molecule has 1 saturated heterocycles. The van der Waals surface area contributed by atoms with Crippen molar-refractivity contribution in [1.29, 1.82) is 0 Å². The molecule has 4 aromatic rings. The zero-order valence-electron chi connectivity index (χ0n) is 23.4. The lowest BCUT2D eigenvalue weighted by atomic mass is 9.91. The van der Waals surface area contributed by atoms with E-state index in [1.54, 1.807) is 25.6 Å². The maximum Gasteiger partial charge on any atom is 0.222 e. The number of aromatic nitrogens is 3. The lowest BCUT2D eigenvalue weighted by Gasteiger charge is -2.34. The van der Waals surface area contributed by atoms with Gasteiger partial charge < -0.3 is 19.9 Å². The number of benzene rings is 2. The number of anilines is 1. The van der Waals surface area contributed by atoms with Crippen LogP contribution in [0.2, 0.25) is 0 Å². The Kier molecular flexibility index (Phi) is 8.75. The number of likely N-dealkylation sites (tertiary alicyclic amines) is 1. The molecule has 0 bridgehead atoms. The highest BCUT2D eigenvalue weighted by molar-refractivity contribution is 5.86. The van der Waals surface area contributed by atoms with Crippen LogP contribution in [0.25, 0.3) is 22.0 Å². The van der Waals surface area contributed by atoms with Gasteiger partial charge in [-0.1, -0.05) is 36.4 Å². The number of aryl methyl sites for hydroxylation is 3. The maximum absolute atomic E-state index is 15.0. The SMILES string of the molecule is COCCCn1c(C2CCCN(C(=O)CCCc3ccc(-c4cnc(N)nc4)cc3)C2)c(C)c2cccc(F)c21. The van der Waals surface area contributed by atoms with Gasteiger partial charge in [0.25, 0.3) is 0 Å². The van der Waals surface area contributed by atoms with Crippen LogP contribution in [0.4, 0.5) is 10.3 Å². The van der Waals surface area contributed by atoms with Crippen LogP contribution in [0.1, 0.15) is 54.8 Å². The Bertz CT molecular complexity index is 1450. The van der Waals surface area contributed by atoms with E-state index in [0.29, 0.717) is 31.6 Å². The number of nitrogen functional groups attached to an aromatic ring is 1. The number of methoxy groups -OCH3 is 1. The van der Waals surface area contributed by atoms with E-state index in [4.69, 9.17) is 10.5 Å². The van der Waals surface area contributed by atoms with Crippen LogP contribution in [0.5, 0.6) is 0 Å². The van der Waals surface area contributed by atoms with Crippen molar-refractivity contribution in [2.75, 3.05) is 32.5 Å². The first-order valence-corrected chi connectivity index (χ1v) is 14.2. The third-order valence-corrected chi connectivity index (χ3v) is 8.04. The number of amides is 1. The van der Waals surface area contributed by atoms with Crippen LogP contribution in [-0.2, 0) is 22.5 Å². The van der Waals surface area contributed by atoms with Crippen molar-refractivity contribution in [3.8, 4) is 11.1 Å². The van der Waals surface area contributed by atoms with Gasteiger partial charge >= 0.3 is 0 Å². The third-order valence-electron chi connectivity index (χ3n) is 8.04. The van der Waals surface area contributed by atoms with E-state index in [1.807, 2.05) is 11.0 Å². The zero-order chi connectivity index (χ0) is 28.1. The molecule has 1 unspecified atom stereocenters. The summed E-state index contributed by atoms with van der Waals surface area (Å²) in [5, 5.41) is 0.964. The molecule has 2 N–H and O–H groups in total. The number of piperidine rings is 1. The molecule has 40 heavy (non-hydrogen) atoms. The number of nitrogens with zero attached hydrogens (tertiary/aromatic N) is 4. The highest BCUT2D eigenvalue weighted by Gasteiger charge is 2.29. The molecule has 0 aliphatic carbocycles.